The number of phenolic OH excluding ortho intramolecular Hbond substituents is 2. The lowest BCUT2D eigenvalue weighted by Crippen LogP contribution is -2.64. The average Bonchev–Trinajstić information content (AvgIpc) is 3.89. The number of aliphatic hydroxyl groups excluding tert-OH is 1. The minimum atomic E-state index is -1.84. The summed E-state index contributed by atoms with van der Waals surface area (Å²) in [6.07, 6.45) is 1.96. The Labute approximate surface area is 460 Å². The average molecular weight is 1130 g/mol. The van der Waals surface area contributed by atoms with Crippen molar-refractivity contribution in [2.75, 3.05) is 18.8 Å². The van der Waals surface area contributed by atoms with Crippen LogP contribution in [0.2, 0.25) is 0 Å². The van der Waals surface area contributed by atoms with Crippen molar-refractivity contribution in [1.29, 1.82) is 0 Å². The highest BCUT2D eigenvalue weighted by atomic mass is 33.1. The second kappa shape index (κ2) is 28.3. The Morgan fingerprint density at radius 1 is 0.821 bits per heavy atom. The van der Waals surface area contributed by atoms with Gasteiger partial charge in [0.2, 0.25) is 53.2 Å². The van der Waals surface area contributed by atoms with Gasteiger partial charge in [0.15, 0.2) is 0 Å². The van der Waals surface area contributed by atoms with Gasteiger partial charge in [-0.15, -0.1) is 0 Å². The Morgan fingerprint density at radius 2 is 1.45 bits per heavy atom. The first kappa shape index (κ1) is 62.2. The zero-order valence-corrected chi connectivity index (χ0v) is 46.0. The Kier molecular flexibility index (Phi) is 22.6. The molecule has 0 bridgehead atoms. The Balaban J connectivity index is 1.51. The number of carbonyl (C=O) groups is 10. The Hall–Kier alpha value is -6.64. The lowest BCUT2D eigenvalue weighted by molar-refractivity contribution is -0.142. The number of primary amides is 2. The number of aliphatic hydroxyl groups is 1. The van der Waals surface area contributed by atoms with Crippen LogP contribution in [0.25, 0.3) is 0 Å². The topological polar surface area (TPSA) is 397 Å². The second-order valence-corrected chi connectivity index (χ2v) is 23.3. The van der Waals surface area contributed by atoms with Gasteiger partial charge < -0.3 is 74.6 Å². The maximum atomic E-state index is 15.0. The molecule has 26 heteroatoms. The van der Waals surface area contributed by atoms with Gasteiger partial charge in [-0.3, -0.25) is 47.9 Å². The first-order valence-electron chi connectivity index (χ1n) is 26.2. The molecule has 5 rings (SSSR count). The molecule has 3 fully saturated rings. The number of amides is 10. The largest absolute Gasteiger partial charge is 0.508 e. The van der Waals surface area contributed by atoms with E-state index in [2.05, 4.69) is 37.2 Å². The molecule has 428 valence electrons. The zero-order chi connectivity index (χ0) is 57.5. The maximum Gasteiger partial charge on any atom is 0.250 e. The van der Waals surface area contributed by atoms with Gasteiger partial charge in [0.25, 0.3) is 5.91 Å². The second-order valence-electron chi connectivity index (χ2n) is 20.5. The van der Waals surface area contributed by atoms with Gasteiger partial charge in [-0.2, -0.15) is 0 Å². The third-order valence-corrected chi connectivity index (χ3v) is 17.8. The number of nitrogens with two attached hydrogens (primary N) is 3. The number of hydrogen-bond acceptors (Lipinski definition) is 16. The van der Waals surface area contributed by atoms with Crippen LogP contribution in [0.3, 0.4) is 0 Å². The molecule has 78 heavy (non-hydrogen) atoms. The van der Waals surface area contributed by atoms with Gasteiger partial charge in [0.05, 0.1) is 12.5 Å². The summed E-state index contributed by atoms with van der Waals surface area (Å²) in [7, 11) is 2.48. The molecule has 1 aliphatic carbocycles. The maximum absolute atomic E-state index is 15.0. The number of nitrogens with one attached hydrogen (secondary N) is 7. The molecular formula is C52H75N11O13S2. The predicted octanol–water partition coefficient (Wildman–Crippen LogP) is -0.284. The smallest absolute Gasteiger partial charge is 0.250 e. The van der Waals surface area contributed by atoms with E-state index in [1.807, 2.05) is 0 Å². The molecule has 0 radical (unpaired) electrons. The van der Waals surface area contributed by atoms with Crippen LogP contribution in [-0.4, -0.2) is 145 Å². The predicted molar refractivity (Wildman–Crippen MR) is 290 cm³/mol. The number of carbonyl (C=O) groups excluding carboxylic acids is 10. The van der Waals surface area contributed by atoms with E-state index in [0.29, 0.717) is 25.7 Å². The molecule has 2 aromatic carbocycles. The third kappa shape index (κ3) is 16.5. The molecule has 0 aromatic heterocycles. The van der Waals surface area contributed by atoms with E-state index >= 15 is 0 Å². The fourth-order valence-electron chi connectivity index (χ4n) is 9.73. The molecule has 10 atom stereocenters. The van der Waals surface area contributed by atoms with E-state index in [0.717, 1.165) is 30.1 Å². The first-order chi connectivity index (χ1) is 36.9. The normalized spacial score (nSPS) is 25.3. The Morgan fingerprint density at radius 3 is 2.04 bits per heavy atom. The minimum Gasteiger partial charge on any atom is -0.508 e. The van der Waals surface area contributed by atoms with E-state index in [4.69, 9.17) is 17.2 Å². The van der Waals surface area contributed by atoms with Gasteiger partial charge in [0, 0.05) is 23.5 Å². The SMILES string of the molecule is CCC(C)C1NC(=O)C(C)(c2ccc(O)cc2)NC(=O)CC2(CCCCC2)SSCC(C(=O)N2CCCC2C(=O)NC(CCCN)C(=O)NC(C(N)=O)c2ccc(O)cc2)NC(=O)C(CC(N)=O)NC(=O)C(C(C)O)NC1=O. The third-order valence-electron chi connectivity index (χ3n) is 14.5. The van der Waals surface area contributed by atoms with Crippen molar-refractivity contribution in [1.82, 2.24) is 42.1 Å². The number of aromatic hydroxyl groups is 2. The van der Waals surface area contributed by atoms with Gasteiger partial charge >= 0.3 is 0 Å². The number of hydrogen-bond donors (Lipinski definition) is 13. The van der Waals surface area contributed by atoms with Gasteiger partial charge in [0.1, 0.15) is 59.3 Å². The molecule has 2 aliphatic heterocycles. The van der Waals surface area contributed by atoms with Crippen LogP contribution in [-0.2, 0) is 53.5 Å². The van der Waals surface area contributed by atoms with Crippen molar-refractivity contribution in [2.45, 2.75) is 163 Å². The summed E-state index contributed by atoms with van der Waals surface area (Å²) in [6.45, 7) is 6.24. The molecule has 10 unspecified atom stereocenters. The highest BCUT2D eigenvalue weighted by Gasteiger charge is 2.45. The van der Waals surface area contributed by atoms with Crippen molar-refractivity contribution in [2.24, 2.45) is 23.1 Å². The monoisotopic (exact) mass is 1130 g/mol. The van der Waals surface area contributed by atoms with Crippen molar-refractivity contribution < 1.29 is 63.3 Å². The molecule has 2 heterocycles. The highest BCUT2D eigenvalue weighted by Crippen LogP contribution is 2.48. The lowest BCUT2D eigenvalue weighted by atomic mass is 9.84. The summed E-state index contributed by atoms with van der Waals surface area (Å²) in [4.78, 5) is 141. The number of nitrogens with zero attached hydrogens (tertiary/aromatic N) is 1. The van der Waals surface area contributed by atoms with Crippen molar-refractivity contribution >= 4 is 80.7 Å². The van der Waals surface area contributed by atoms with E-state index in [1.165, 1.54) is 78.1 Å². The molecule has 16 N–H and O–H groups in total. The summed E-state index contributed by atoms with van der Waals surface area (Å²) in [5, 5.41) is 49.4. The lowest BCUT2D eigenvalue weighted by Gasteiger charge is -2.38. The molecule has 2 aromatic rings. The fourth-order valence-corrected chi connectivity index (χ4v) is 13.1. The van der Waals surface area contributed by atoms with Gasteiger partial charge in [-0.1, -0.05) is 85.4 Å². The minimum absolute atomic E-state index is 0.0242. The molecule has 1 spiro atoms. The van der Waals surface area contributed by atoms with E-state index < -0.39 is 130 Å². The number of likely N-dealkylation sites (tertiary alicyclic amines) is 1. The summed E-state index contributed by atoms with van der Waals surface area (Å²) in [5.41, 5.74) is 15.7. The van der Waals surface area contributed by atoms with Crippen molar-refractivity contribution in [3.8, 4) is 11.5 Å². The van der Waals surface area contributed by atoms with Crippen molar-refractivity contribution in [3.05, 3.63) is 59.7 Å². The standard InChI is InChI=1S/C52H75N11O13S2/c1-5-28(2)40-47(73)59-41(29(3)64)48(74)57-35(25-38(54)67)45(71)58-36(27-77-78-52(21-7-6-8-22-52)26-39(68)62-51(4,50(76)61-40)31-15-19-33(66)20-16-31)49(75)63-24-10-12-37(63)46(72)56-34(11-9-23-53)44(70)60-42(43(55)69)30-13-17-32(65)18-14-30/h13-20,28-29,34-37,40-42,64-66H,5-12,21-27,53H2,1-4H3,(H2,54,67)(H2,55,69)(H,56,72)(H,57,74)(H,58,71)(H,59,73)(H,60,70)(H,61,76)(H,62,68). The number of phenols is 2. The molecule has 1 saturated carbocycles. The zero-order valence-electron chi connectivity index (χ0n) is 44.3. The summed E-state index contributed by atoms with van der Waals surface area (Å²) in [5.74, 6) is -9.67. The molecular weight excluding hydrogens is 1050 g/mol. The van der Waals surface area contributed by atoms with Crippen LogP contribution in [0.15, 0.2) is 48.5 Å². The van der Waals surface area contributed by atoms with Crippen LogP contribution in [0.5, 0.6) is 11.5 Å². The molecule has 10 amide bonds. The Bertz CT molecular complexity index is 2500. The number of rotatable bonds is 16. The molecule has 3 aliphatic rings. The summed E-state index contributed by atoms with van der Waals surface area (Å²) >= 11 is 0. The van der Waals surface area contributed by atoms with Crippen LogP contribution < -0.4 is 54.4 Å². The van der Waals surface area contributed by atoms with E-state index in [-0.39, 0.29) is 67.2 Å². The highest BCUT2D eigenvalue weighted by molar-refractivity contribution is 8.77. The van der Waals surface area contributed by atoms with Gasteiger partial charge in [-0.25, -0.2) is 0 Å². The first-order valence-corrected chi connectivity index (χ1v) is 28.5. The van der Waals surface area contributed by atoms with Crippen molar-refractivity contribution in [3.63, 3.8) is 0 Å². The number of benzene rings is 2. The quantitative estimate of drug-likeness (QED) is 0.0961. The van der Waals surface area contributed by atoms with Gasteiger partial charge in [-0.05, 0) is 100 Å². The van der Waals surface area contributed by atoms with Crippen LogP contribution in [0, 0.1) is 5.92 Å². The van der Waals surface area contributed by atoms with Crippen LogP contribution in [0.1, 0.15) is 122 Å². The van der Waals surface area contributed by atoms with E-state index in [1.54, 1.807) is 13.8 Å². The molecule has 2 saturated heterocycles. The molecule has 24 nitrogen and oxygen atoms in total. The van der Waals surface area contributed by atoms with E-state index in [9.17, 15) is 63.3 Å². The summed E-state index contributed by atoms with van der Waals surface area (Å²) < 4.78 is -0.777. The fraction of sp³-hybridized carbons (Fsp3) is 0.577. The van der Waals surface area contributed by atoms with Crippen LogP contribution >= 0.6 is 21.6 Å². The summed E-state index contributed by atoms with van der Waals surface area (Å²) in [6, 6.07) is 0.832. The van der Waals surface area contributed by atoms with Crippen LogP contribution in [0.4, 0.5) is 0 Å².